The van der Waals surface area contributed by atoms with Crippen LogP contribution in [0, 0.1) is 5.82 Å². The van der Waals surface area contributed by atoms with Crippen LogP contribution in [0.2, 0.25) is 0 Å². The number of carbonyl (C=O) groups excluding carboxylic acids is 1. The zero-order valence-electron chi connectivity index (χ0n) is 15.4. The first-order valence-corrected chi connectivity index (χ1v) is 11.1. The molecule has 0 bridgehead atoms. The molecule has 1 N–H and O–H groups in total. The van der Waals surface area contributed by atoms with Gasteiger partial charge >= 0.3 is 5.97 Å². The number of benzene rings is 2. The van der Waals surface area contributed by atoms with Gasteiger partial charge in [-0.15, -0.1) is 0 Å². The van der Waals surface area contributed by atoms with Gasteiger partial charge in [0.2, 0.25) is 7.50 Å². The summed E-state index contributed by atoms with van der Waals surface area (Å²) in [5.41, 5.74) is 0. The Bertz CT molecular complexity index is 641. The van der Waals surface area contributed by atoms with Crippen LogP contribution in [0.1, 0.15) is 27.7 Å². The summed E-state index contributed by atoms with van der Waals surface area (Å²) >= 11 is 1.41. The normalized spacial score (nSPS) is 11.3. The zero-order valence-corrected chi connectivity index (χ0v) is 17.1. The predicted molar refractivity (Wildman–Crippen MR) is 107 cm³/mol. The third kappa shape index (κ3) is 9.18. The fourth-order valence-electron chi connectivity index (χ4n) is 1.69. The van der Waals surface area contributed by atoms with Gasteiger partial charge in [-0.05, 0) is 61.6 Å². The van der Waals surface area contributed by atoms with Crippen molar-refractivity contribution in [3.63, 3.8) is 0 Å². The minimum atomic E-state index is -1.24. The van der Waals surface area contributed by atoms with E-state index in [9.17, 15) is 9.18 Å². The van der Waals surface area contributed by atoms with Gasteiger partial charge in [0.25, 0.3) is 0 Å². The molecule has 7 heteroatoms. The molecule has 1 unspecified atom stereocenters. The molecule has 2 aromatic rings. The van der Waals surface area contributed by atoms with E-state index in [2.05, 4.69) is 5.09 Å². The highest BCUT2D eigenvalue weighted by molar-refractivity contribution is 8.53. The fourth-order valence-corrected chi connectivity index (χ4v) is 4.57. The van der Waals surface area contributed by atoms with Crippen molar-refractivity contribution in [2.45, 2.75) is 38.7 Å². The van der Waals surface area contributed by atoms with E-state index < -0.39 is 7.50 Å². The molecule has 142 valence electrons. The standard InChI is InChI=1S/C17H19FNO3PS.C2H6/c1-13(2)21-17(20)12-19-23(22-15-6-4-3-5-7-15)24-16-10-8-14(18)9-11-16;1-2/h3-11,13,19H,12H2,1-2H3;1-2H3. The van der Waals surface area contributed by atoms with Gasteiger partial charge in [-0.3, -0.25) is 4.79 Å². The Morgan fingerprint density at radius 1 is 1.12 bits per heavy atom. The van der Waals surface area contributed by atoms with E-state index in [1.165, 1.54) is 23.5 Å². The lowest BCUT2D eigenvalue weighted by molar-refractivity contribution is -0.145. The van der Waals surface area contributed by atoms with Gasteiger partial charge in [-0.25, -0.2) is 9.48 Å². The van der Waals surface area contributed by atoms with Crippen molar-refractivity contribution in [2.24, 2.45) is 0 Å². The summed E-state index contributed by atoms with van der Waals surface area (Å²) in [5, 5.41) is 3.07. The number of esters is 1. The van der Waals surface area contributed by atoms with Gasteiger partial charge in [0.15, 0.2) is 0 Å². The Hall–Kier alpha value is -1.62. The summed E-state index contributed by atoms with van der Waals surface area (Å²) in [6.07, 6.45) is -0.162. The van der Waals surface area contributed by atoms with Gasteiger partial charge in [-0.1, -0.05) is 32.0 Å². The molecule has 0 aromatic heterocycles. The van der Waals surface area contributed by atoms with E-state index >= 15 is 0 Å². The topological polar surface area (TPSA) is 47.6 Å². The first-order chi connectivity index (χ1) is 12.5. The molecular formula is C19H25FNO3PS. The molecule has 4 nitrogen and oxygen atoms in total. The minimum Gasteiger partial charge on any atom is -0.462 e. The van der Waals surface area contributed by atoms with Crippen LogP contribution in [0.3, 0.4) is 0 Å². The fraction of sp³-hybridized carbons (Fsp3) is 0.316. The van der Waals surface area contributed by atoms with E-state index in [1.807, 2.05) is 44.2 Å². The first-order valence-electron chi connectivity index (χ1n) is 8.42. The first kappa shape index (κ1) is 22.4. The van der Waals surface area contributed by atoms with Crippen molar-refractivity contribution in [3.8, 4) is 5.75 Å². The van der Waals surface area contributed by atoms with E-state index in [0.29, 0.717) is 5.75 Å². The van der Waals surface area contributed by atoms with Gasteiger partial charge in [0.05, 0.1) is 6.10 Å². The highest BCUT2D eigenvalue weighted by Crippen LogP contribution is 2.51. The summed E-state index contributed by atoms with van der Waals surface area (Å²) in [7, 11) is -1.24. The molecule has 2 aromatic carbocycles. The molecule has 0 aliphatic heterocycles. The van der Waals surface area contributed by atoms with Crippen LogP contribution >= 0.6 is 18.9 Å². The molecule has 26 heavy (non-hydrogen) atoms. The maximum atomic E-state index is 13.0. The Morgan fingerprint density at radius 2 is 1.73 bits per heavy atom. The van der Waals surface area contributed by atoms with E-state index in [0.717, 1.165) is 4.90 Å². The average molecular weight is 397 g/mol. The average Bonchev–Trinajstić information content (AvgIpc) is 2.63. The lowest BCUT2D eigenvalue weighted by atomic mass is 10.3. The molecule has 0 heterocycles. The van der Waals surface area contributed by atoms with Gasteiger partial charge in [-0.2, -0.15) is 0 Å². The van der Waals surface area contributed by atoms with Gasteiger partial charge < -0.3 is 9.26 Å². The lowest BCUT2D eigenvalue weighted by Crippen LogP contribution is -2.23. The number of para-hydroxylation sites is 1. The molecular weight excluding hydrogens is 372 g/mol. The SMILES string of the molecule is CC.CC(C)OC(=O)CNP(Oc1ccccc1)Sc1ccc(F)cc1. The highest BCUT2D eigenvalue weighted by atomic mass is 32.7. The number of halogens is 1. The molecule has 0 amide bonds. The minimum absolute atomic E-state index is 0.0465. The van der Waals surface area contributed by atoms with Crippen molar-refractivity contribution in [1.29, 1.82) is 0 Å². The number of ether oxygens (including phenoxy) is 1. The summed E-state index contributed by atoms with van der Waals surface area (Å²) in [6.45, 7) is 7.65. The van der Waals surface area contributed by atoms with E-state index in [1.54, 1.807) is 26.0 Å². The number of nitrogens with one attached hydrogen (secondary N) is 1. The molecule has 0 radical (unpaired) electrons. The Kier molecular flexibility index (Phi) is 10.9. The third-order valence-corrected chi connectivity index (χ3v) is 5.84. The van der Waals surface area contributed by atoms with Crippen LogP contribution in [-0.2, 0) is 9.53 Å². The van der Waals surface area contributed by atoms with Crippen LogP contribution in [0.25, 0.3) is 0 Å². The highest BCUT2D eigenvalue weighted by Gasteiger charge is 2.16. The molecule has 0 aliphatic carbocycles. The number of hydrogen-bond acceptors (Lipinski definition) is 5. The molecule has 0 saturated heterocycles. The Balaban J connectivity index is 0.00000163. The smallest absolute Gasteiger partial charge is 0.320 e. The molecule has 0 saturated carbocycles. The second-order valence-corrected chi connectivity index (χ2v) is 8.29. The largest absolute Gasteiger partial charge is 0.462 e. The van der Waals surface area contributed by atoms with Crippen molar-refractivity contribution < 1.29 is 18.4 Å². The Labute approximate surface area is 160 Å². The Morgan fingerprint density at radius 3 is 2.31 bits per heavy atom. The summed E-state index contributed by atoms with van der Waals surface area (Å²) in [5.74, 6) is 0.0675. The van der Waals surface area contributed by atoms with Crippen LogP contribution < -0.4 is 9.61 Å². The molecule has 0 fully saturated rings. The van der Waals surface area contributed by atoms with Crippen molar-refractivity contribution in [2.75, 3.05) is 6.54 Å². The summed E-state index contributed by atoms with van der Waals surface area (Å²) < 4.78 is 24.1. The van der Waals surface area contributed by atoms with Crippen LogP contribution in [0.15, 0.2) is 59.5 Å². The van der Waals surface area contributed by atoms with Gasteiger partial charge in [0.1, 0.15) is 18.1 Å². The second kappa shape index (κ2) is 12.7. The monoisotopic (exact) mass is 397 g/mol. The second-order valence-electron chi connectivity index (χ2n) is 5.08. The third-order valence-electron chi connectivity index (χ3n) is 2.65. The maximum absolute atomic E-state index is 13.0. The van der Waals surface area contributed by atoms with E-state index in [4.69, 9.17) is 9.26 Å². The molecule has 0 spiro atoms. The van der Waals surface area contributed by atoms with Crippen LogP contribution in [-0.4, -0.2) is 18.6 Å². The number of rotatable bonds is 8. The van der Waals surface area contributed by atoms with Crippen LogP contribution in [0.4, 0.5) is 4.39 Å². The quantitative estimate of drug-likeness (QED) is 0.451. The molecule has 1 atom stereocenters. The summed E-state index contributed by atoms with van der Waals surface area (Å²) in [6, 6.07) is 15.5. The number of carbonyl (C=O) groups is 1. The van der Waals surface area contributed by atoms with Crippen LogP contribution in [0.5, 0.6) is 5.75 Å². The number of hydrogen-bond donors (Lipinski definition) is 1. The van der Waals surface area contributed by atoms with Crippen molar-refractivity contribution in [3.05, 3.63) is 60.4 Å². The lowest BCUT2D eigenvalue weighted by Gasteiger charge is -2.18. The molecule has 0 aliphatic rings. The van der Waals surface area contributed by atoms with E-state index in [-0.39, 0.29) is 24.4 Å². The summed E-state index contributed by atoms with van der Waals surface area (Å²) in [4.78, 5) is 12.6. The molecule has 2 rings (SSSR count). The van der Waals surface area contributed by atoms with Crippen molar-refractivity contribution >= 4 is 24.9 Å². The predicted octanol–water partition coefficient (Wildman–Crippen LogP) is 5.79. The maximum Gasteiger partial charge on any atom is 0.320 e. The van der Waals surface area contributed by atoms with Gasteiger partial charge in [0, 0.05) is 4.90 Å². The zero-order chi connectivity index (χ0) is 19.4. The van der Waals surface area contributed by atoms with Crippen molar-refractivity contribution in [1.82, 2.24) is 5.09 Å².